The number of nitrogens with one attached hydrogen (secondary N) is 1. The van der Waals surface area contributed by atoms with E-state index in [-0.39, 0.29) is 11.5 Å². The monoisotopic (exact) mass is 300 g/mol. The van der Waals surface area contributed by atoms with Gasteiger partial charge in [0.1, 0.15) is 17.0 Å². The van der Waals surface area contributed by atoms with Gasteiger partial charge < -0.3 is 14.6 Å². The highest BCUT2D eigenvalue weighted by molar-refractivity contribution is 5.98. The molecule has 0 bridgehead atoms. The van der Waals surface area contributed by atoms with Crippen molar-refractivity contribution < 1.29 is 9.53 Å². The molecular weight excluding hydrogens is 284 g/mol. The van der Waals surface area contributed by atoms with Crippen LogP contribution < -0.4 is 10.9 Å². The molecule has 1 amide bonds. The molecule has 0 saturated carbocycles. The van der Waals surface area contributed by atoms with Gasteiger partial charge >= 0.3 is 0 Å². The van der Waals surface area contributed by atoms with Gasteiger partial charge in [-0.15, -0.1) is 0 Å². The van der Waals surface area contributed by atoms with Crippen molar-refractivity contribution in [3.05, 3.63) is 46.5 Å². The molecule has 0 unspecified atom stereocenters. The van der Waals surface area contributed by atoms with Crippen molar-refractivity contribution in [2.24, 2.45) is 7.05 Å². The summed E-state index contributed by atoms with van der Waals surface area (Å²) in [7, 11) is 3.29. The van der Waals surface area contributed by atoms with Crippen LogP contribution >= 0.6 is 0 Å². The first kappa shape index (κ1) is 14.3. The predicted molar refractivity (Wildman–Crippen MR) is 82.1 cm³/mol. The maximum atomic E-state index is 12.5. The zero-order valence-corrected chi connectivity index (χ0v) is 12.4. The number of carbonyl (C=O) groups is 1. The summed E-state index contributed by atoms with van der Waals surface area (Å²) in [5.41, 5.74) is 1.25. The lowest BCUT2D eigenvalue weighted by Crippen LogP contribution is -2.28. The molecule has 0 aliphatic heterocycles. The van der Waals surface area contributed by atoms with Gasteiger partial charge in [0.25, 0.3) is 11.5 Å². The van der Waals surface area contributed by atoms with E-state index < -0.39 is 0 Å². The van der Waals surface area contributed by atoms with Gasteiger partial charge in [0.2, 0.25) is 0 Å². The highest BCUT2D eigenvalue weighted by Gasteiger charge is 2.17. The Hall–Kier alpha value is -2.67. The van der Waals surface area contributed by atoms with E-state index in [0.717, 1.165) is 0 Å². The Labute approximate surface area is 126 Å². The van der Waals surface area contributed by atoms with Crippen LogP contribution in [0.5, 0.6) is 0 Å². The van der Waals surface area contributed by atoms with Crippen LogP contribution in [0.15, 0.2) is 35.3 Å². The van der Waals surface area contributed by atoms with E-state index in [4.69, 9.17) is 4.74 Å². The Morgan fingerprint density at radius 3 is 3.00 bits per heavy atom. The van der Waals surface area contributed by atoms with Crippen molar-refractivity contribution in [2.75, 3.05) is 20.3 Å². The first-order valence-corrected chi connectivity index (χ1v) is 6.87. The van der Waals surface area contributed by atoms with E-state index in [9.17, 15) is 9.59 Å². The Kier molecular flexibility index (Phi) is 3.64. The summed E-state index contributed by atoms with van der Waals surface area (Å²) in [5, 5.41) is 3.16. The van der Waals surface area contributed by atoms with Crippen LogP contribution in [0.4, 0.5) is 0 Å². The van der Waals surface area contributed by atoms with Gasteiger partial charge in [-0.25, -0.2) is 4.98 Å². The number of rotatable bonds is 4. The molecule has 0 aliphatic carbocycles. The minimum absolute atomic E-state index is 0.188. The number of fused-ring (bicyclic) bond motifs is 2. The second-order valence-electron chi connectivity index (χ2n) is 4.92. The number of ether oxygens (including phenoxy) is 1. The molecule has 3 aromatic heterocycles. The minimum Gasteiger partial charge on any atom is -0.383 e. The second kappa shape index (κ2) is 5.61. The van der Waals surface area contributed by atoms with Gasteiger partial charge in [0.15, 0.2) is 0 Å². The number of aromatic nitrogens is 3. The van der Waals surface area contributed by atoms with Crippen LogP contribution in [-0.2, 0) is 11.8 Å². The summed E-state index contributed by atoms with van der Waals surface area (Å²) in [6, 6.07) is 6.91. The number of nitrogens with zero attached hydrogens (tertiary/aromatic N) is 3. The molecule has 0 saturated heterocycles. The third-order valence-electron chi connectivity index (χ3n) is 3.53. The van der Waals surface area contributed by atoms with Gasteiger partial charge in [-0.2, -0.15) is 0 Å². The Morgan fingerprint density at radius 2 is 2.23 bits per heavy atom. The van der Waals surface area contributed by atoms with E-state index >= 15 is 0 Å². The number of carbonyl (C=O) groups excluding carboxylic acids is 1. The third-order valence-corrected chi connectivity index (χ3v) is 3.53. The molecule has 22 heavy (non-hydrogen) atoms. The predicted octanol–water partition coefficient (Wildman–Crippen LogP) is 0.562. The summed E-state index contributed by atoms with van der Waals surface area (Å²) < 4.78 is 8.00. The van der Waals surface area contributed by atoms with Crippen LogP contribution in [0.25, 0.3) is 16.7 Å². The van der Waals surface area contributed by atoms with Crippen molar-refractivity contribution in [1.82, 2.24) is 19.3 Å². The molecular formula is C15H16N4O3. The zero-order valence-electron chi connectivity index (χ0n) is 12.4. The van der Waals surface area contributed by atoms with Crippen LogP contribution in [0.3, 0.4) is 0 Å². The van der Waals surface area contributed by atoms with Crippen LogP contribution in [0.2, 0.25) is 0 Å². The summed E-state index contributed by atoms with van der Waals surface area (Å²) in [5.74, 6) is -0.258. The molecule has 0 radical (unpaired) electrons. The molecule has 1 N–H and O–H groups in total. The molecule has 0 spiro atoms. The zero-order chi connectivity index (χ0) is 15.7. The number of hydrogen-bond donors (Lipinski definition) is 1. The van der Waals surface area contributed by atoms with E-state index in [1.807, 2.05) is 6.07 Å². The molecule has 0 aromatic carbocycles. The van der Waals surface area contributed by atoms with Crippen molar-refractivity contribution in [1.29, 1.82) is 0 Å². The number of amides is 1. The highest BCUT2D eigenvalue weighted by atomic mass is 16.5. The van der Waals surface area contributed by atoms with Gasteiger partial charge in [-0.05, 0) is 18.2 Å². The topological polar surface area (TPSA) is 77.6 Å². The van der Waals surface area contributed by atoms with Gasteiger partial charge in [-0.1, -0.05) is 6.07 Å². The van der Waals surface area contributed by atoms with Crippen molar-refractivity contribution in [3.63, 3.8) is 0 Å². The lowest BCUT2D eigenvalue weighted by atomic mass is 10.3. The molecule has 3 aromatic rings. The third kappa shape index (κ3) is 2.25. The maximum absolute atomic E-state index is 12.5. The smallest absolute Gasteiger partial charge is 0.268 e. The average molecular weight is 300 g/mol. The summed E-state index contributed by atoms with van der Waals surface area (Å²) in [6.45, 7) is 0.839. The lowest BCUT2D eigenvalue weighted by Gasteiger charge is -2.05. The SMILES string of the molecule is COCCNC(=O)c1cc2c(=O)n3ccccc3nc2n1C. The fourth-order valence-electron chi connectivity index (χ4n) is 2.40. The minimum atomic E-state index is -0.258. The second-order valence-corrected chi connectivity index (χ2v) is 4.92. The molecule has 0 fully saturated rings. The first-order chi connectivity index (χ1) is 10.6. The van der Waals surface area contributed by atoms with Crippen LogP contribution in [-0.4, -0.2) is 40.1 Å². The molecule has 3 rings (SSSR count). The van der Waals surface area contributed by atoms with Gasteiger partial charge in [0.05, 0.1) is 12.0 Å². The van der Waals surface area contributed by atoms with E-state index in [1.165, 1.54) is 4.40 Å². The van der Waals surface area contributed by atoms with E-state index in [0.29, 0.717) is 35.5 Å². The standard InChI is InChI=1S/C15H16N4O3/c1-18-11(14(20)16-6-8-22-2)9-10-13(18)17-12-5-3-4-7-19(12)15(10)21/h3-5,7,9H,6,8H2,1-2H3,(H,16,20). The molecule has 0 atom stereocenters. The fourth-order valence-corrected chi connectivity index (χ4v) is 2.40. The Morgan fingerprint density at radius 1 is 1.41 bits per heavy atom. The fraction of sp³-hybridized carbons (Fsp3) is 0.267. The largest absolute Gasteiger partial charge is 0.383 e. The molecule has 7 heteroatoms. The van der Waals surface area contributed by atoms with Gasteiger partial charge in [0, 0.05) is 26.9 Å². The number of pyridine rings is 1. The van der Waals surface area contributed by atoms with Gasteiger partial charge in [-0.3, -0.25) is 14.0 Å². The summed E-state index contributed by atoms with van der Waals surface area (Å²) >= 11 is 0. The number of hydrogen-bond acceptors (Lipinski definition) is 4. The summed E-state index contributed by atoms with van der Waals surface area (Å²) in [6.07, 6.45) is 1.66. The van der Waals surface area contributed by atoms with Crippen LogP contribution in [0, 0.1) is 0 Å². The number of aryl methyl sites for hydroxylation is 1. The highest BCUT2D eigenvalue weighted by Crippen LogP contribution is 2.14. The van der Waals surface area contributed by atoms with Crippen molar-refractivity contribution in [2.45, 2.75) is 0 Å². The number of methoxy groups -OCH3 is 1. The Bertz CT molecular complexity index is 910. The molecule has 7 nitrogen and oxygen atoms in total. The van der Waals surface area contributed by atoms with E-state index in [1.54, 1.807) is 43.1 Å². The lowest BCUT2D eigenvalue weighted by molar-refractivity contribution is 0.0929. The molecule has 0 aliphatic rings. The van der Waals surface area contributed by atoms with Crippen molar-refractivity contribution >= 4 is 22.6 Å². The summed E-state index contributed by atoms with van der Waals surface area (Å²) in [4.78, 5) is 29.1. The molecule has 3 heterocycles. The maximum Gasteiger partial charge on any atom is 0.268 e. The van der Waals surface area contributed by atoms with Crippen LogP contribution in [0.1, 0.15) is 10.5 Å². The van der Waals surface area contributed by atoms with Crippen molar-refractivity contribution in [3.8, 4) is 0 Å². The molecule has 114 valence electrons. The normalized spacial score (nSPS) is 11.2. The Balaban J connectivity index is 2.12. The first-order valence-electron chi connectivity index (χ1n) is 6.87. The average Bonchev–Trinajstić information content (AvgIpc) is 2.85. The quantitative estimate of drug-likeness (QED) is 0.714. The van der Waals surface area contributed by atoms with E-state index in [2.05, 4.69) is 10.3 Å².